The molecule has 3 aromatic rings. The van der Waals surface area contributed by atoms with Crippen LogP contribution in [0, 0.1) is 5.82 Å². The zero-order chi connectivity index (χ0) is 27.7. The Morgan fingerprint density at radius 2 is 2.10 bits per heavy atom. The first-order valence-corrected chi connectivity index (χ1v) is 13.1. The summed E-state index contributed by atoms with van der Waals surface area (Å²) in [6, 6.07) is 5.16. The molecule has 3 atom stereocenters. The number of halogens is 4. The van der Waals surface area contributed by atoms with E-state index in [1.54, 1.807) is 18.5 Å². The molecule has 5 rings (SSSR count). The Labute approximate surface area is 222 Å². The van der Waals surface area contributed by atoms with Crippen molar-refractivity contribution in [2.24, 2.45) is 0 Å². The first-order valence-electron chi connectivity index (χ1n) is 13.1. The number of rotatable bonds is 9. The maximum atomic E-state index is 15.0. The van der Waals surface area contributed by atoms with Gasteiger partial charge in [0.25, 0.3) is 0 Å². The summed E-state index contributed by atoms with van der Waals surface area (Å²) >= 11 is 0. The van der Waals surface area contributed by atoms with E-state index in [1.807, 2.05) is 13.0 Å². The highest BCUT2D eigenvalue weighted by atomic mass is 19.4. The van der Waals surface area contributed by atoms with Crippen molar-refractivity contribution in [2.45, 2.75) is 69.7 Å². The monoisotopic (exact) mass is 547 g/mol. The number of amides is 2. The summed E-state index contributed by atoms with van der Waals surface area (Å²) in [5, 5.41) is 7.51. The number of nitrogens with zero attached hydrogens (tertiary/aromatic N) is 4. The molecule has 0 saturated carbocycles. The second kappa shape index (κ2) is 10.8. The fourth-order valence-electron chi connectivity index (χ4n) is 5.61. The zero-order valence-electron chi connectivity index (χ0n) is 21.4. The fraction of sp³-hybridized carbons (Fsp3) is 0.481. The van der Waals surface area contributed by atoms with Crippen LogP contribution < -0.4 is 9.64 Å². The molecule has 39 heavy (non-hydrogen) atoms. The summed E-state index contributed by atoms with van der Waals surface area (Å²) in [4.78, 5) is 33.3. The minimum absolute atomic E-state index is 0.204. The average molecular weight is 548 g/mol. The van der Waals surface area contributed by atoms with Crippen molar-refractivity contribution in [1.29, 1.82) is 0 Å². The summed E-state index contributed by atoms with van der Waals surface area (Å²) in [7, 11) is 0. The molecule has 1 fully saturated rings. The molecule has 4 heterocycles. The normalized spacial score (nSPS) is 20.1. The molecule has 2 aliphatic heterocycles. The van der Waals surface area contributed by atoms with Crippen molar-refractivity contribution in [3.63, 3.8) is 0 Å². The Kier molecular flexibility index (Phi) is 7.46. The van der Waals surface area contributed by atoms with Crippen molar-refractivity contribution in [2.75, 3.05) is 18.0 Å². The molecule has 1 saturated heterocycles. The van der Waals surface area contributed by atoms with E-state index in [4.69, 9.17) is 4.74 Å². The van der Waals surface area contributed by atoms with Crippen molar-refractivity contribution in [3.8, 4) is 5.75 Å². The molecule has 2 aliphatic rings. The number of ether oxygens (including phenoxy) is 1. The van der Waals surface area contributed by atoms with Crippen LogP contribution >= 0.6 is 0 Å². The second-order valence-electron chi connectivity index (χ2n) is 10.1. The van der Waals surface area contributed by atoms with Gasteiger partial charge < -0.3 is 14.5 Å². The molecular weight excluding hydrogens is 518 g/mol. The molecule has 2 amide bonds. The van der Waals surface area contributed by atoms with Gasteiger partial charge in [0, 0.05) is 23.5 Å². The van der Waals surface area contributed by atoms with Crippen LogP contribution in [0.1, 0.15) is 56.9 Å². The second-order valence-corrected chi connectivity index (χ2v) is 10.1. The quantitative estimate of drug-likeness (QED) is 0.376. The van der Waals surface area contributed by atoms with E-state index in [2.05, 4.69) is 15.2 Å². The van der Waals surface area contributed by atoms with Crippen LogP contribution in [0.3, 0.4) is 0 Å². The van der Waals surface area contributed by atoms with Gasteiger partial charge in [0.1, 0.15) is 18.1 Å². The lowest BCUT2D eigenvalue weighted by Crippen LogP contribution is -2.45. The summed E-state index contributed by atoms with van der Waals surface area (Å²) in [6.07, 6.45) is -0.465. The maximum Gasteiger partial charge on any atom is 0.391 e. The van der Waals surface area contributed by atoms with Gasteiger partial charge in [-0.15, -0.1) is 0 Å². The highest BCUT2D eigenvalue weighted by Gasteiger charge is 2.43. The van der Waals surface area contributed by atoms with E-state index in [-0.39, 0.29) is 36.7 Å². The maximum absolute atomic E-state index is 15.0. The summed E-state index contributed by atoms with van der Waals surface area (Å²) in [5.74, 6) is -1.84. The Morgan fingerprint density at radius 3 is 2.87 bits per heavy atom. The predicted octanol–water partition coefficient (Wildman–Crippen LogP) is 5.11. The molecule has 0 radical (unpaired) electrons. The lowest BCUT2D eigenvalue weighted by molar-refractivity contribution is -0.151. The van der Waals surface area contributed by atoms with Gasteiger partial charge in [0.15, 0.2) is 5.65 Å². The summed E-state index contributed by atoms with van der Waals surface area (Å²) in [5.41, 5.74) is 1.13. The van der Waals surface area contributed by atoms with Crippen LogP contribution in [0.4, 0.5) is 23.2 Å². The number of aromatic nitrogens is 3. The number of hydrogen-bond donors (Lipinski definition) is 1. The van der Waals surface area contributed by atoms with E-state index >= 15 is 0 Å². The van der Waals surface area contributed by atoms with Crippen molar-refractivity contribution < 1.29 is 31.9 Å². The van der Waals surface area contributed by atoms with Gasteiger partial charge in [-0.1, -0.05) is 13.0 Å². The fourth-order valence-corrected chi connectivity index (χ4v) is 5.61. The largest absolute Gasteiger partial charge is 0.489 e. The lowest BCUT2D eigenvalue weighted by atomic mass is 9.93. The number of hydrogen-bond acceptors (Lipinski definition) is 5. The van der Waals surface area contributed by atoms with E-state index in [9.17, 15) is 27.2 Å². The standard InChI is InChI=1S/C27H29F4N5O3/c1-2-18(39-19-11-16-13-33-34-25(16)32-14-19)8-9-20-24-21(28)6-3-7-22(24)36(26(20)38)15-23(37)35-10-4-5-17(35)12-27(29,30)31/h3,6-7,11,13-14,17-18,20H,2,4-5,8-10,12,15H2,1H3,(H,32,33,34). The number of benzene rings is 1. The predicted molar refractivity (Wildman–Crippen MR) is 135 cm³/mol. The number of likely N-dealkylation sites (tertiary alicyclic amines) is 1. The minimum atomic E-state index is -4.39. The van der Waals surface area contributed by atoms with Gasteiger partial charge >= 0.3 is 6.18 Å². The van der Waals surface area contributed by atoms with Crippen LogP contribution in [0.5, 0.6) is 5.75 Å². The molecule has 1 N–H and O–H groups in total. The molecule has 208 valence electrons. The third-order valence-corrected chi connectivity index (χ3v) is 7.49. The topological polar surface area (TPSA) is 91.4 Å². The van der Waals surface area contributed by atoms with Crippen LogP contribution in [0.2, 0.25) is 0 Å². The SMILES string of the molecule is CCC(CCC1C(=O)N(CC(=O)N2CCCC2CC(F)(F)F)c2cccc(F)c21)Oc1cnc2[nH]ncc2c1. The molecule has 12 heteroatoms. The summed E-state index contributed by atoms with van der Waals surface area (Å²) < 4.78 is 60.1. The number of H-pyrrole nitrogens is 1. The third kappa shape index (κ3) is 5.69. The van der Waals surface area contributed by atoms with E-state index in [0.717, 1.165) is 5.39 Å². The van der Waals surface area contributed by atoms with Crippen molar-refractivity contribution in [1.82, 2.24) is 20.1 Å². The zero-order valence-corrected chi connectivity index (χ0v) is 21.4. The molecule has 2 aromatic heterocycles. The first kappa shape index (κ1) is 26.9. The van der Waals surface area contributed by atoms with Gasteiger partial charge in [-0.2, -0.15) is 18.3 Å². The Bertz CT molecular complexity index is 1360. The van der Waals surface area contributed by atoms with Crippen molar-refractivity contribution in [3.05, 3.63) is 48.0 Å². The minimum Gasteiger partial charge on any atom is -0.489 e. The molecule has 0 aliphatic carbocycles. The number of carbonyl (C=O) groups is 2. The number of fused-ring (bicyclic) bond motifs is 2. The molecule has 8 nitrogen and oxygen atoms in total. The number of aromatic amines is 1. The smallest absolute Gasteiger partial charge is 0.391 e. The van der Waals surface area contributed by atoms with Crippen molar-refractivity contribution >= 4 is 28.5 Å². The van der Waals surface area contributed by atoms with Crippen LogP contribution in [0.15, 0.2) is 36.7 Å². The number of pyridine rings is 1. The van der Waals surface area contributed by atoms with Gasteiger partial charge in [-0.25, -0.2) is 9.37 Å². The Balaban J connectivity index is 1.29. The molecule has 0 bridgehead atoms. The third-order valence-electron chi connectivity index (χ3n) is 7.49. The van der Waals surface area contributed by atoms with Gasteiger partial charge in [-0.3, -0.25) is 14.7 Å². The number of anilines is 1. The molecule has 3 unspecified atom stereocenters. The van der Waals surface area contributed by atoms with Gasteiger partial charge in [-0.05, 0) is 50.3 Å². The first-order chi connectivity index (χ1) is 18.6. The van der Waals surface area contributed by atoms with Gasteiger partial charge in [0.05, 0.1) is 36.5 Å². The van der Waals surface area contributed by atoms with Crippen LogP contribution in [-0.2, 0) is 9.59 Å². The Hall–Kier alpha value is -3.70. The highest BCUT2D eigenvalue weighted by Crippen LogP contribution is 2.42. The molecular formula is C27H29F4N5O3. The highest BCUT2D eigenvalue weighted by molar-refractivity contribution is 6.08. The average Bonchev–Trinajstić information content (AvgIpc) is 3.60. The molecule has 0 spiro atoms. The summed E-state index contributed by atoms with van der Waals surface area (Å²) in [6.45, 7) is 1.72. The van der Waals surface area contributed by atoms with E-state index in [0.29, 0.717) is 30.7 Å². The number of carbonyl (C=O) groups excluding carboxylic acids is 2. The van der Waals surface area contributed by atoms with E-state index < -0.39 is 48.7 Å². The number of nitrogens with one attached hydrogen (secondary N) is 1. The number of alkyl halides is 3. The Morgan fingerprint density at radius 1 is 1.28 bits per heavy atom. The van der Waals surface area contributed by atoms with Crippen LogP contribution in [-0.4, -0.2) is 63.3 Å². The molecule has 1 aromatic carbocycles. The van der Waals surface area contributed by atoms with Crippen LogP contribution in [0.25, 0.3) is 11.0 Å². The lowest BCUT2D eigenvalue weighted by Gasteiger charge is -2.28. The van der Waals surface area contributed by atoms with E-state index in [1.165, 1.54) is 21.9 Å². The van der Waals surface area contributed by atoms with Gasteiger partial charge in [0.2, 0.25) is 11.8 Å².